The summed E-state index contributed by atoms with van der Waals surface area (Å²) >= 11 is 0. The molecule has 1 saturated heterocycles. The molecule has 1 N–H and O–H groups in total. The number of carbonyl (C=O) groups is 1. The van der Waals surface area contributed by atoms with E-state index in [0.29, 0.717) is 13.0 Å². The molecule has 3 nitrogen and oxygen atoms in total. The Bertz CT molecular complexity index is 464. The maximum atomic E-state index is 12.9. The van der Waals surface area contributed by atoms with Gasteiger partial charge >= 0.3 is 0 Å². The highest BCUT2D eigenvalue weighted by atomic mass is 19.1. The Morgan fingerprint density at radius 1 is 1.30 bits per heavy atom. The molecule has 0 aliphatic carbocycles. The van der Waals surface area contributed by atoms with Crippen molar-refractivity contribution in [3.05, 3.63) is 35.6 Å². The minimum Gasteiger partial charge on any atom is -0.337 e. The van der Waals surface area contributed by atoms with Crippen molar-refractivity contribution >= 4 is 5.91 Å². The highest BCUT2D eigenvalue weighted by Crippen LogP contribution is 2.17. The molecule has 1 amide bonds. The van der Waals surface area contributed by atoms with E-state index in [9.17, 15) is 9.18 Å². The van der Waals surface area contributed by atoms with E-state index < -0.39 is 0 Å². The standard InChI is InChI=1S/C16H23FN2O/c1-16(2,3)11-18-14-8-15(20)19(10-14)9-12-4-6-13(17)7-5-12/h4-7,14,18H,8-11H2,1-3H3/t14-/m1/s1. The van der Waals surface area contributed by atoms with Gasteiger partial charge in [-0.3, -0.25) is 4.79 Å². The van der Waals surface area contributed by atoms with Crippen molar-refractivity contribution in [3.63, 3.8) is 0 Å². The van der Waals surface area contributed by atoms with E-state index in [4.69, 9.17) is 0 Å². The van der Waals surface area contributed by atoms with Crippen LogP contribution in [0.3, 0.4) is 0 Å². The van der Waals surface area contributed by atoms with Gasteiger partial charge in [-0.05, 0) is 23.1 Å². The Kier molecular flexibility index (Phi) is 4.43. The van der Waals surface area contributed by atoms with Gasteiger partial charge in [-0.25, -0.2) is 4.39 Å². The molecular formula is C16H23FN2O. The van der Waals surface area contributed by atoms with Crippen LogP contribution < -0.4 is 5.32 Å². The van der Waals surface area contributed by atoms with Crippen molar-refractivity contribution in [1.82, 2.24) is 10.2 Å². The largest absolute Gasteiger partial charge is 0.337 e. The van der Waals surface area contributed by atoms with E-state index in [0.717, 1.165) is 18.7 Å². The van der Waals surface area contributed by atoms with Gasteiger partial charge in [0, 0.05) is 32.1 Å². The number of halogens is 1. The van der Waals surface area contributed by atoms with Crippen molar-refractivity contribution < 1.29 is 9.18 Å². The zero-order valence-corrected chi connectivity index (χ0v) is 12.4. The Morgan fingerprint density at radius 3 is 2.55 bits per heavy atom. The van der Waals surface area contributed by atoms with Crippen LogP contribution in [0.2, 0.25) is 0 Å². The number of nitrogens with one attached hydrogen (secondary N) is 1. The molecule has 1 aliphatic rings. The van der Waals surface area contributed by atoms with Crippen LogP contribution in [0.1, 0.15) is 32.8 Å². The molecule has 110 valence electrons. The molecule has 2 rings (SSSR count). The summed E-state index contributed by atoms with van der Waals surface area (Å²) in [4.78, 5) is 13.8. The van der Waals surface area contributed by atoms with Crippen molar-refractivity contribution in [1.29, 1.82) is 0 Å². The fourth-order valence-corrected chi connectivity index (χ4v) is 2.32. The van der Waals surface area contributed by atoms with E-state index in [1.54, 1.807) is 12.1 Å². The Hall–Kier alpha value is -1.42. The lowest BCUT2D eigenvalue weighted by Crippen LogP contribution is -2.37. The van der Waals surface area contributed by atoms with Gasteiger partial charge in [-0.1, -0.05) is 32.9 Å². The highest BCUT2D eigenvalue weighted by Gasteiger charge is 2.29. The first-order chi connectivity index (χ1) is 9.33. The summed E-state index contributed by atoms with van der Waals surface area (Å²) in [6.45, 7) is 8.71. The Balaban J connectivity index is 1.87. The number of rotatable bonds is 4. The minimum atomic E-state index is -0.244. The molecule has 0 radical (unpaired) electrons. The molecule has 0 unspecified atom stereocenters. The van der Waals surface area contributed by atoms with Crippen LogP contribution in [-0.4, -0.2) is 29.9 Å². The van der Waals surface area contributed by atoms with E-state index in [1.165, 1.54) is 12.1 Å². The van der Waals surface area contributed by atoms with Crippen molar-refractivity contribution in [3.8, 4) is 0 Å². The number of hydrogen-bond acceptors (Lipinski definition) is 2. The third kappa shape index (κ3) is 4.30. The molecule has 0 aromatic heterocycles. The van der Waals surface area contributed by atoms with Gasteiger partial charge in [0.2, 0.25) is 5.91 Å². The highest BCUT2D eigenvalue weighted by molar-refractivity contribution is 5.79. The number of hydrogen-bond donors (Lipinski definition) is 1. The molecule has 0 spiro atoms. The first-order valence-corrected chi connectivity index (χ1v) is 7.09. The molecule has 20 heavy (non-hydrogen) atoms. The minimum absolute atomic E-state index is 0.167. The molecule has 1 aromatic rings. The Morgan fingerprint density at radius 2 is 1.95 bits per heavy atom. The van der Waals surface area contributed by atoms with Crippen molar-refractivity contribution in [2.45, 2.75) is 39.8 Å². The molecule has 1 fully saturated rings. The average Bonchev–Trinajstić information content (AvgIpc) is 2.70. The van der Waals surface area contributed by atoms with E-state index in [1.807, 2.05) is 4.90 Å². The van der Waals surface area contributed by atoms with Crippen molar-refractivity contribution in [2.24, 2.45) is 5.41 Å². The molecule has 0 saturated carbocycles. The van der Waals surface area contributed by atoms with Crippen LogP contribution in [-0.2, 0) is 11.3 Å². The van der Waals surface area contributed by atoms with E-state index >= 15 is 0 Å². The lowest BCUT2D eigenvalue weighted by Gasteiger charge is -2.22. The second-order valence-electron chi connectivity index (χ2n) is 6.74. The number of benzene rings is 1. The van der Waals surface area contributed by atoms with Gasteiger partial charge in [0.05, 0.1) is 0 Å². The third-order valence-corrected chi connectivity index (χ3v) is 3.42. The van der Waals surface area contributed by atoms with Gasteiger partial charge in [0.25, 0.3) is 0 Å². The van der Waals surface area contributed by atoms with Gasteiger partial charge in [0.1, 0.15) is 5.82 Å². The summed E-state index contributed by atoms with van der Waals surface area (Å²) in [6, 6.07) is 6.56. The van der Waals surface area contributed by atoms with E-state index in [-0.39, 0.29) is 23.2 Å². The topological polar surface area (TPSA) is 32.3 Å². The number of amides is 1. The van der Waals surface area contributed by atoms with Gasteiger partial charge < -0.3 is 10.2 Å². The maximum Gasteiger partial charge on any atom is 0.224 e. The second-order valence-corrected chi connectivity index (χ2v) is 6.74. The predicted molar refractivity (Wildman–Crippen MR) is 77.7 cm³/mol. The van der Waals surface area contributed by atoms with Gasteiger partial charge in [0.15, 0.2) is 0 Å². The first-order valence-electron chi connectivity index (χ1n) is 7.09. The van der Waals surface area contributed by atoms with E-state index in [2.05, 4.69) is 26.1 Å². The maximum absolute atomic E-state index is 12.9. The fourth-order valence-electron chi connectivity index (χ4n) is 2.32. The van der Waals surface area contributed by atoms with Crippen LogP contribution in [0.25, 0.3) is 0 Å². The first kappa shape index (κ1) is 15.0. The quantitative estimate of drug-likeness (QED) is 0.918. The lowest BCUT2D eigenvalue weighted by atomic mass is 9.96. The lowest BCUT2D eigenvalue weighted by molar-refractivity contribution is -0.128. The number of nitrogens with zero attached hydrogens (tertiary/aromatic N) is 1. The summed E-state index contributed by atoms with van der Waals surface area (Å²) in [6.07, 6.45) is 0.553. The van der Waals surface area contributed by atoms with Crippen LogP contribution >= 0.6 is 0 Å². The molecule has 1 aromatic carbocycles. The summed E-state index contributed by atoms with van der Waals surface area (Å²) in [5.74, 6) is -0.0769. The Labute approximate surface area is 120 Å². The predicted octanol–water partition coefficient (Wildman–Crippen LogP) is 2.56. The van der Waals surface area contributed by atoms with Gasteiger partial charge in [-0.2, -0.15) is 0 Å². The average molecular weight is 278 g/mol. The summed E-state index contributed by atoms with van der Waals surface area (Å²) < 4.78 is 12.9. The molecule has 1 aliphatic heterocycles. The summed E-state index contributed by atoms with van der Waals surface area (Å²) in [5, 5.41) is 3.45. The van der Waals surface area contributed by atoms with Crippen molar-refractivity contribution in [2.75, 3.05) is 13.1 Å². The zero-order chi connectivity index (χ0) is 14.8. The van der Waals surface area contributed by atoms with Crippen LogP contribution in [0.15, 0.2) is 24.3 Å². The molecular weight excluding hydrogens is 255 g/mol. The molecule has 1 atom stereocenters. The zero-order valence-electron chi connectivity index (χ0n) is 12.4. The SMILES string of the molecule is CC(C)(C)CN[C@@H]1CC(=O)N(Cc2ccc(F)cc2)C1. The molecule has 1 heterocycles. The molecule has 4 heteroatoms. The number of carbonyl (C=O) groups excluding carboxylic acids is 1. The number of likely N-dealkylation sites (tertiary alicyclic amines) is 1. The summed E-state index contributed by atoms with van der Waals surface area (Å²) in [7, 11) is 0. The smallest absolute Gasteiger partial charge is 0.224 e. The van der Waals surface area contributed by atoms with Crippen LogP contribution in [0.4, 0.5) is 4.39 Å². The normalized spacial score (nSPS) is 19.7. The van der Waals surface area contributed by atoms with Crippen LogP contribution in [0.5, 0.6) is 0 Å². The second kappa shape index (κ2) is 5.92. The van der Waals surface area contributed by atoms with Gasteiger partial charge in [-0.15, -0.1) is 0 Å². The monoisotopic (exact) mass is 278 g/mol. The van der Waals surface area contributed by atoms with Crippen LogP contribution in [0, 0.1) is 11.2 Å². The fraction of sp³-hybridized carbons (Fsp3) is 0.562. The third-order valence-electron chi connectivity index (χ3n) is 3.42. The summed E-state index contributed by atoms with van der Waals surface area (Å²) in [5.41, 5.74) is 1.18. The molecule has 0 bridgehead atoms.